The molecular weight excluding hydrogens is 430 g/mol. The fourth-order valence-corrected chi connectivity index (χ4v) is 4.47. The summed E-state index contributed by atoms with van der Waals surface area (Å²) in [5.74, 6) is 0.797. The molecule has 2 bridgehead atoms. The molecule has 11 nitrogen and oxygen atoms in total. The zero-order chi connectivity index (χ0) is 24.5. The molecule has 0 aromatic carbocycles. The Morgan fingerprint density at radius 1 is 1.18 bits per heavy atom. The zero-order valence-electron chi connectivity index (χ0n) is 18.6. The summed E-state index contributed by atoms with van der Waals surface area (Å²) in [4.78, 5) is 50.0. The van der Waals surface area contributed by atoms with E-state index in [2.05, 4.69) is 16.0 Å². The number of piperidine rings is 1. The molecule has 1 saturated heterocycles. The maximum absolute atomic E-state index is 12.9. The Morgan fingerprint density at radius 2 is 1.85 bits per heavy atom. The summed E-state index contributed by atoms with van der Waals surface area (Å²) in [6.07, 6.45) is 2.75. The summed E-state index contributed by atoms with van der Waals surface area (Å²) >= 11 is 0. The van der Waals surface area contributed by atoms with E-state index in [4.69, 9.17) is 25.5 Å². The molecule has 2 aromatic heterocycles. The topological polar surface area (TPSA) is 159 Å². The number of anilines is 1. The molecule has 11 heteroatoms. The summed E-state index contributed by atoms with van der Waals surface area (Å²) in [6, 6.07) is 7.51. The van der Waals surface area contributed by atoms with Gasteiger partial charge in [0.15, 0.2) is 0 Å². The predicted molar refractivity (Wildman–Crippen MR) is 121 cm³/mol. The minimum absolute atomic E-state index is 0.125. The van der Waals surface area contributed by atoms with Crippen molar-refractivity contribution in [1.82, 2.24) is 14.5 Å². The van der Waals surface area contributed by atoms with Gasteiger partial charge in [0, 0.05) is 49.6 Å². The zero-order valence-corrected chi connectivity index (χ0v) is 18.6. The van der Waals surface area contributed by atoms with Gasteiger partial charge in [-0.1, -0.05) is 6.07 Å². The molecule has 33 heavy (non-hydrogen) atoms. The molecular formula is C22H29N5O6. The highest BCUT2D eigenvalue weighted by Gasteiger charge is 2.36. The number of aromatic nitrogens is 2. The van der Waals surface area contributed by atoms with Crippen LogP contribution in [0.5, 0.6) is 0 Å². The molecule has 1 amide bonds. The van der Waals surface area contributed by atoms with Crippen molar-refractivity contribution in [1.29, 1.82) is 0 Å². The number of carbonyl (C=O) groups is 3. The molecule has 0 radical (unpaired) electrons. The highest BCUT2D eigenvalue weighted by molar-refractivity contribution is 5.97. The third-order valence-corrected chi connectivity index (χ3v) is 5.52. The number of pyridine rings is 2. The lowest BCUT2D eigenvalue weighted by Crippen LogP contribution is -2.48. The van der Waals surface area contributed by atoms with Crippen LogP contribution in [-0.4, -0.2) is 70.7 Å². The Balaban J connectivity index is 0.000000582. The molecule has 2 aliphatic heterocycles. The van der Waals surface area contributed by atoms with Crippen LogP contribution < -0.4 is 16.2 Å². The van der Waals surface area contributed by atoms with Gasteiger partial charge in [0.2, 0.25) is 0 Å². The van der Waals surface area contributed by atoms with Crippen molar-refractivity contribution in [3.8, 4) is 0 Å². The van der Waals surface area contributed by atoms with Gasteiger partial charge in [0.1, 0.15) is 5.82 Å². The molecule has 0 spiro atoms. The smallest absolute Gasteiger partial charge is 0.290 e. The molecule has 4 heterocycles. The van der Waals surface area contributed by atoms with Crippen molar-refractivity contribution >= 4 is 24.7 Å². The molecule has 4 N–H and O–H groups in total. The van der Waals surface area contributed by atoms with Crippen LogP contribution in [0, 0.1) is 5.92 Å². The van der Waals surface area contributed by atoms with Crippen molar-refractivity contribution in [2.45, 2.75) is 25.4 Å². The van der Waals surface area contributed by atoms with Crippen LogP contribution in [0.1, 0.15) is 34.0 Å². The summed E-state index contributed by atoms with van der Waals surface area (Å²) in [5.41, 5.74) is 8.03. The van der Waals surface area contributed by atoms with Crippen molar-refractivity contribution in [2.75, 3.05) is 32.1 Å². The van der Waals surface area contributed by atoms with Crippen molar-refractivity contribution < 1.29 is 24.6 Å². The maximum atomic E-state index is 12.9. The second-order valence-electron chi connectivity index (χ2n) is 8.09. The van der Waals surface area contributed by atoms with E-state index in [1.807, 2.05) is 29.6 Å². The number of carbonyl (C=O) groups excluding carboxylic acids is 1. The Bertz CT molecular complexity index is 1030. The Hall–Kier alpha value is -3.73. The van der Waals surface area contributed by atoms with Gasteiger partial charge in [-0.05, 0) is 44.6 Å². The third-order valence-electron chi connectivity index (χ3n) is 5.52. The van der Waals surface area contributed by atoms with E-state index >= 15 is 0 Å². The SMILES string of the molecule is CN(C)Cc1ccc2n(c1=O)C[C@H]1C[C@@H]2CN(c2ncccc2C(N)=O)C1.O=CO.O=CO. The average Bonchev–Trinajstić information content (AvgIpc) is 2.77. The molecule has 178 valence electrons. The molecule has 0 unspecified atom stereocenters. The van der Waals surface area contributed by atoms with Gasteiger partial charge in [-0.25, -0.2) is 4.98 Å². The quantitative estimate of drug-likeness (QED) is 0.551. The number of primary amides is 1. The van der Waals surface area contributed by atoms with E-state index in [9.17, 15) is 9.59 Å². The van der Waals surface area contributed by atoms with Gasteiger partial charge in [-0.3, -0.25) is 19.2 Å². The van der Waals surface area contributed by atoms with Gasteiger partial charge in [-0.15, -0.1) is 0 Å². The number of fused-ring (bicyclic) bond motifs is 4. The van der Waals surface area contributed by atoms with E-state index in [1.165, 1.54) is 0 Å². The molecule has 0 aliphatic carbocycles. The van der Waals surface area contributed by atoms with Crippen molar-refractivity contribution in [3.05, 3.63) is 57.6 Å². The van der Waals surface area contributed by atoms with E-state index in [0.29, 0.717) is 30.4 Å². The van der Waals surface area contributed by atoms with Gasteiger partial charge < -0.3 is 30.3 Å². The Labute approximate surface area is 191 Å². The van der Waals surface area contributed by atoms with Crippen LogP contribution in [0.25, 0.3) is 0 Å². The maximum Gasteiger partial charge on any atom is 0.290 e. The lowest BCUT2D eigenvalue weighted by atomic mass is 9.82. The number of nitrogens with zero attached hydrogens (tertiary/aromatic N) is 4. The molecule has 2 aromatic rings. The first-order valence-corrected chi connectivity index (χ1v) is 10.3. The predicted octanol–water partition coefficient (Wildman–Crippen LogP) is 0.429. The molecule has 4 rings (SSSR count). The van der Waals surface area contributed by atoms with Gasteiger partial charge >= 0.3 is 0 Å². The summed E-state index contributed by atoms with van der Waals surface area (Å²) in [5, 5.41) is 13.8. The first-order chi connectivity index (χ1) is 15.8. The van der Waals surface area contributed by atoms with Crippen LogP contribution in [0.4, 0.5) is 5.82 Å². The molecule has 2 atom stereocenters. The number of nitrogens with two attached hydrogens (primary N) is 1. The largest absolute Gasteiger partial charge is 0.483 e. The first kappa shape index (κ1) is 25.5. The van der Waals surface area contributed by atoms with Crippen LogP contribution in [-0.2, 0) is 22.7 Å². The molecule has 1 fully saturated rings. The highest BCUT2D eigenvalue weighted by Crippen LogP contribution is 2.37. The van der Waals surface area contributed by atoms with E-state index in [-0.39, 0.29) is 24.4 Å². The van der Waals surface area contributed by atoms with Gasteiger partial charge in [0.25, 0.3) is 24.4 Å². The fraction of sp³-hybridized carbons (Fsp3) is 0.409. The third kappa shape index (κ3) is 6.16. The van der Waals surface area contributed by atoms with Gasteiger partial charge in [0.05, 0.1) is 5.56 Å². The van der Waals surface area contributed by atoms with Crippen LogP contribution in [0.2, 0.25) is 0 Å². The van der Waals surface area contributed by atoms with Crippen molar-refractivity contribution in [2.24, 2.45) is 11.7 Å². The molecule has 0 saturated carbocycles. The summed E-state index contributed by atoms with van der Waals surface area (Å²) in [6.45, 7) is 2.37. The minimum Gasteiger partial charge on any atom is -0.483 e. The Morgan fingerprint density at radius 3 is 2.45 bits per heavy atom. The van der Waals surface area contributed by atoms with Gasteiger partial charge in [-0.2, -0.15) is 0 Å². The second kappa shape index (κ2) is 11.8. The molecule has 2 aliphatic rings. The monoisotopic (exact) mass is 459 g/mol. The van der Waals surface area contributed by atoms with Crippen LogP contribution in [0.15, 0.2) is 35.3 Å². The van der Waals surface area contributed by atoms with E-state index in [0.717, 1.165) is 30.8 Å². The number of carboxylic acid groups (broad SMARTS) is 2. The average molecular weight is 460 g/mol. The minimum atomic E-state index is -0.459. The first-order valence-electron chi connectivity index (χ1n) is 10.3. The van der Waals surface area contributed by atoms with Crippen molar-refractivity contribution in [3.63, 3.8) is 0 Å². The lowest BCUT2D eigenvalue weighted by Gasteiger charge is -2.43. The number of amides is 1. The standard InChI is InChI=1S/C20H25N5O2.2CH2O2/c1-23(2)11-14-5-6-17-15-8-13(10-25(17)20(14)27)9-24(12-15)19-16(18(21)26)4-3-7-22-19;2*2-1-3/h3-7,13,15H,8-12H2,1-2H3,(H2,21,26);2*1H,(H,2,3)/t13-,15+;;/m0../s1. The fourth-order valence-electron chi connectivity index (χ4n) is 4.47. The summed E-state index contributed by atoms with van der Waals surface area (Å²) < 4.78 is 1.96. The highest BCUT2D eigenvalue weighted by atomic mass is 16.3. The number of rotatable bonds is 4. The van der Waals surface area contributed by atoms with E-state index in [1.54, 1.807) is 18.3 Å². The second-order valence-corrected chi connectivity index (χ2v) is 8.09. The van der Waals surface area contributed by atoms with Crippen LogP contribution in [0.3, 0.4) is 0 Å². The summed E-state index contributed by atoms with van der Waals surface area (Å²) in [7, 11) is 3.94. The normalized spacial score (nSPS) is 18.1. The van der Waals surface area contributed by atoms with E-state index < -0.39 is 5.91 Å². The Kier molecular flexibility index (Phi) is 9.10. The number of hydrogen-bond donors (Lipinski definition) is 3. The lowest BCUT2D eigenvalue weighted by molar-refractivity contribution is -0.123. The van der Waals surface area contributed by atoms with Crippen LogP contribution >= 0.6 is 0 Å². The number of hydrogen-bond acceptors (Lipinski definition) is 7.